The van der Waals surface area contributed by atoms with Crippen LogP contribution in [0.25, 0.3) is 0 Å². The molecule has 0 aliphatic carbocycles. The quantitative estimate of drug-likeness (QED) is 0.479. The summed E-state index contributed by atoms with van der Waals surface area (Å²) in [6.07, 6.45) is 4.40. The van der Waals surface area contributed by atoms with Gasteiger partial charge < -0.3 is 20.4 Å². The Bertz CT molecular complexity index is 927. The molecule has 0 saturated heterocycles. The fraction of sp³-hybridized carbons (Fsp3) is 0.333. The van der Waals surface area contributed by atoms with Gasteiger partial charge in [-0.2, -0.15) is 0 Å². The molecule has 0 aliphatic rings. The van der Waals surface area contributed by atoms with Crippen LogP contribution in [0.4, 0.5) is 0 Å². The van der Waals surface area contributed by atoms with Gasteiger partial charge in [0.1, 0.15) is 10.6 Å². The Kier molecular flexibility index (Phi) is 7.41. The third kappa shape index (κ3) is 5.46. The van der Waals surface area contributed by atoms with E-state index in [-0.39, 0.29) is 34.1 Å². The average molecular weight is 425 g/mol. The molecule has 8 nitrogen and oxygen atoms in total. The molecule has 1 unspecified atom stereocenters. The Morgan fingerprint density at radius 3 is 2.64 bits per heavy atom. The molecule has 1 aromatic heterocycles. The highest BCUT2D eigenvalue weighted by Gasteiger charge is 2.22. The number of carbonyl (C=O) groups excluding carboxylic acids is 1. The summed E-state index contributed by atoms with van der Waals surface area (Å²) in [7, 11) is -1.06. The summed E-state index contributed by atoms with van der Waals surface area (Å²) in [5, 5.41) is 5.47. The molecule has 1 atom stereocenters. The van der Waals surface area contributed by atoms with Crippen LogP contribution in [0.1, 0.15) is 30.5 Å². The molecule has 2 rings (SSSR count). The lowest BCUT2D eigenvalue weighted by molar-refractivity contribution is -0.121. The molecule has 0 fully saturated rings. The van der Waals surface area contributed by atoms with Crippen LogP contribution in [-0.2, 0) is 21.2 Å². The molecule has 1 heterocycles. The molecule has 28 heavy (non-hydrogen) atoms. The largest absolute Gasteiger partial charge is 0.495 e. The molecule has 0 saturated carbocycles. The van der Waals surface area contributed by atoms with E-state index >= 15 is 0 Å². The number of hydrogen-bond acceptors (Lipinski definition) is 5. The highest BCUT2D eigenvalue weighted by atomic mass is 32.2. The summed E-state index contributed by atoms with van der Waals surface area (Å²) < 4.78 is 32.5. The number of benzene rings is 1. The lowest BCUT2D eigenvalue weighted by Gasteiger charge is -2.17. The fourth-order valence-electron chi connectivity index (χ4n) is 2.67. The first-order valence-corrected chi connectivity index (χ1v) is 10.5. The van der Waals surface area contributed by atoms with Crippen LogP contribution in [0, 0.1) is 0 Å². The van der Waals surface area contributed by atoms with Gasteiger partial charge in [0, 0.05) is 19.4 Å². The van der Waals surface area contributed by atoms with Crippen molar-refractivity contribution < 1.29 is 17.9 Å². The number of nitrogens with one attached hydrogen (secondary N) is 4. The van der Waals surface area contributed by atoms with Gasteiger partial charge in [-0.25, -0.2) is 8.42 Å². The number of amides is 1. The van der Waals surface area contributed by atoms with E-state index in [2.05, 4.69) is 20.3 Å². The molecule has 0 radical (unpaired) electrons. The average Bonchev–Trinajstić information content (AvgIpc) is 3.20. The van der Waals surface area contributed by atoms with Gasteiger partial charge in [0.25, 0.3) is 10.0 Å². The molecule has 0 spiro atoms. The van der Waals surface area contributed by atoms with Gasteiger partial charge in [0.15, 0.2) is 5.11 Å². The van der Waals surface area contributed by atoms with E-state index in [1.807, 2.05) is 19.2 Å². The topological polar surface area (TPSA) is 112 Å². The Labute approximate surface area is 170 Å². The molecular weight excluding hydrogens is 400 g/mol. The number of methoxy groups -OCH3 is 1. The minimum atomic E-state index is -3.95. The number of aromatic nitrogens is 1. The maximum atomic E-state index is 12.6. The third-order valence-electron chi connectivity index (χ3n) is 4.10. The molecule has 0 bridgehead atoms. The lowest BCUT2D eigenvalue weighted by atomic mass is 10.1. The van der Waals surface area contributed by atoms with Crippen molar-refractivity contribution in [3.8, 4) is 5.75 Å². The monoisotopic (exact) mass is 424 g/mol. The van der Waals surface area contributed by atoms with Crippen LogP contribution < -0.4 is 20.1 Å². The maximum absolute atomic E-state index is 12.6. The van der Waals surface area contributed by atoms with E-state index in [1.165, 1.54) is 26.3 Å². The van der Waals surface area contributed by atoms with E-state index in [0.717, 1.165) is 12.0 Å². The van der Waals surface area contributed by atoms with Crippen LogP contribution in [0.15, 0.2) is 41.6 Å². The van der Waals surface area contributed by atoms with Crippen molar-refractivity contribution in [2.45, 2.75) is 30.7 Å². The molecule has 1 aromatic carbocycles. The Hall–Kier alpha value is -2.59. The third-order valence-corrected chi connectivity index (χ3v) is 5.91. The zero-order valence-electron chi connectivity index (χ0n) is 15.9. The number of aromatic amines is 1. The van der Waals surface area contributed by atoms with E-state index in [4.69, 9.17) is 17.0 Å². The van der Waals surface area contributed by atoms with Crippen LogP contribution >= 0.6 is 12.2 Å². The summed E-state index contributed by atoms with van der Waals surface area (Å²) in [6.45, 7) is 1.98. The second-order valence-corrected chi connectivity index (χ2v) is 8.08. The van der Waals surface area contributed by atoms with Gasteiger partial charge in [-0.1, -0.05) is 13.0 Å². The van der Waals surface area contributed by atoms with Crippen molar-refractivity contribution in [1.82, 2.24) is 20.3 Å². The zero-order chi connectivity index (χ0) is 20.7. The molecule has 0 aliphatic heterocycles. The van der Waals surface area contributed by atoms with Gasteiger partial charge in [-0.3, -0.25) is 9.52 Å². The smallest absolute Gasteiger partial charge is 0.267 e. The summed E-state index contributed by atoms with van der Waals surface area (Å²) in [5.74, 6) is -0.0467. The number of H-pyrrole nitrogens is 1. The first-order valence-electron chi connectivity index (χ1n) is 8.64. The van der Waals surface area contributed by atoms with E-state index in [1.54, 1.807) is 12.3 Å². The normalized spacial score (nSPS) is 12.1. The Morgan fingerprint density at radius 2 is 2.07 bits per heavy atom. The zero-order valence-corrected chi connectivity index (χ0v) is 17.5. The molecule has 2 aromatic rings. The minimum absolute atomic E-state index is 0.0317. The van der Waals surface area contributed by atoms with E-state index < -0.39 is 10.0 Å². The van der Waals surface area contributed by atoms with Crippen molar-refractivity contribution in [3.05, 3.63) is 47.8 Å². The Morgan fingerprint density at radius 1 is 1.32 bits per heavy atom. The maximum Gasteiger partial charge on any atom is 0.267 e. The van der Waals surface area contributed by atoms with Gasteiger partial charge >= 0.3 is 0 Å². The number of rotatable bonds is 8. The van der Waals surface area contributed by atoms with Crippen molar-refractivity contribution >= 4 is 33.3 Å². The molecule has 152 valence electrons. The summed E-state index contributed by atoms with van der Waals surface area (Å²) in [6, 6.07) is 6.38. The highest BCUT2D eigenvalue weighted by molar-refractivity contribution is 7.92. The molecule has 10 heteroatoms. The first kappa shape index (κ1) is 21.7. The summed E-state index contributed by atoms with van der Waals surface area (Å²) in [5.41, 5.74) is 1.52. The van der Waals surface area contributed by atoms with Crippen molar-refractivity contribution in [3.63, 3.8) is 0 Å². The van der Waals surface area contributed by atoms with Gasteiger partial charge in [-0.05, 0) is 48.0 Å². The minimum Gasteiger partial charge on any atom is -0.495 e. The number of ether oxygens (including phenoxy) is 1. The number of thiocarbonyl (C=S) groups is 1. The van der Waals surface area contributed by atoms with Crippen molar-refractivity contribution in [2.24, 2.45) is 0 Å². The molecule has 1 amide bonds. The molecular formula is C18H24N4O4S2. The van der Waals surface area contributed by atoms with Crippen molar-refractivity contribution in [1.29, 1.82) is 0 Å². The van der Waals surface area contributed by atoms with Gasteiger partial charge in [-0.15, -0.1) is 0 Å². The number of carbonyl (C=O) groups is 1. The summed E-state index contributed by atoms with van der Waals surface area (Å²) >= 11 is 4.88. The van der Waals surface area contributed by atoms with E-state index in [9.17, 15) is 13.2 Å². The highest BCUT2D eigenvalue weighted by Crippen LogP contribution is 2.25. The molecule has 4 N–H and O–H groups in total. The second-order valence-electron chi connectivity index (χ2n) is 6.02. The SMILES string of the molecule is CCC(NC(=O)Cc1ccc(OC)c(S(=O)(=O)NC(=S)NC)c1)c1cc[nH]c1. The summed E-state index contributed by atoms with van der Waals surface area (Å²) in [4.78, 5) is 15.4. The van der Waals surface area contributed by atoms with Crippen molar-refractivity contribution in [2.75, 3.05) is 14.2 Å². The fourth-order valence-corrected chi connectivity index (χ4v) is 4.18. The predicted molar refractivity (Wildman–Crippen MR) is 111 cm³/mol. The van der Waals surface area contributed by atoms with E-state index in [0.29, 0.717) is 5.56 Å². The second kappa shape index (κ2) is 9.56. The van der Waals surface area contributed by atoms with Gasteiger partial charge in [0.05, 0.1) is 19.6 Å². The van der Waals surface area contributed by atoms with Gasteiger partial charge in [0.2, 0.25) is 5.91 Å². The Balaban J connectivity index is 2.20. The van der Waals surface area contributed by atoms with Crippen LogP contribution in [-0.4, -0.2) is 38.6 Å². The predicted octanol–water partition coefficient (Wildman–Crippen LogP) is 1.62. The van der Waals surface area contributed by atoms with Crippen LogP contribution in [0.2, 0.25) is 0 Å². The number of hydrogen-bond donors (Lipinski definition) is 4. The van der Waals surface area contributed by atoms with Crippen LogP contribution in [0.3, 0.4) is 0 Å². The standard InChI is InChI=1S/C18H24N4O4S2/c1-4-14(13-7-8-20-11-13)21-17(23)10-12-5-6-15(26-3)16(9-12)28(24,25)22-18(27)19-2/h5-9,11,14,20H,4,10H2,1-3H3,(H,21,23)(H2,19,22,27). The van der Waals surface area contributed by atoms with Crippen LogP contribution in [0.5, 0.6) is 5.75 Å². The first-order chi connectivity index (χ1) is 13.3. The lowest BCUT2D eigenvalue weighted by Crippen LogP contribution is -2.37. The number of sulfonamides is 1.